The Morgan fingerprint density at radius 3 is 2.83 bits per heavy atom. The van der Waals surface area contributed by atoms with E-state index in [1.165, 1.54) is 0 Å². The van der Waals surface area contributed by atoms with Crippen molar-refractivity contribution in [2.24, 2.45) is 11.8 Å². The van der Waals surface area contributed by atoms with E-state index in [9.17, 15) is 19.8 Å². The number of aliphatic hydroxyl groups is 2. The van der Waals surface area contributed by atoms with Crippen LogP contribution in [0.2, 0.25) is 0 Å². The van der Waals surface area contributed by atoms with Gasteiger partial charge in [0.15, 0.2) is 0 Å². The largest absolute Gasteiger partial charge is 0.481 e. The fourth-order valence-electron chi connectivity index (χ4n) is 4.10. The predicted octanol–water partition coefficient (Wildman–Crippen LogP) is 4.48. The van der Waals surface area contributed by atoms with E-state index in [4.69, 9.17) is 5.11 Å². The maximum Gasteiger partial charge on any atom is 0.303 e. The number of thiophene rings is 1. The summed E-state index contributed by atoms with van der Waals surface area (Å²) in [6.07, 6.45) is 5.88. The lowest BCUT2D eigenvalue weighted by molar-refractivity contribution is -0.137. The topological polar surface area (TPSA) is 94.8 Å². The lowest BCUT2D eigenvalue weighted by atomic mass is 9.86. The van der Waals surface area contributed by atoms with Crippen LogP contribution in [0.3, 0.4) is 0 Å². The Morgan fingerprint density at radius 2 is 2.07 bits per heavy atom. The van der Waals surface area contributed by atoms with Crippen LogP contribution in [-0.2, 0) is 9.59 Å². The Morgan fingerprint density at radius 1 is 1.28 bits per heavy atom. The number of carbonyl (C=O) groups excluding carboxylic acids is 1. The van der Waals surface area contributed by atoms with Crippen LogP contribution in [0.15, 0.2) is 42.5 Å². The number of Topliss-reactive ketones (excluding diaryl/α,β-unsaturated/α-hetero) is 1. The standard InChI is InChI=1S/C23H28O5S/c24-18(22-13-15-7-5-6-9-21(15)29-22)12-11-17-16(19(25)14-20(17)26)8-3-1-2-4-10-23(27)28/h1,3,5-7,9,13,16-19,24-25H,2,4,8,10-12,14H2,(H,27,28)/b3-1-/t16-,17-,18-,19-/m1/s1. The summed E-state index contributed by atoms with van der Waals surface area (Å²) in [6.45, 7) is 0. The highest BCUT2D eigenvalue weighted by atomic mass is 32.1. The first kappa shape index (κ1) is 21.7. The van der Waals surface area contributed by atoms with E-state index in [-0.39, 0.29) is 30.5 Å². The fraction of sp³-hybridized carbons (Fsp3) is 0.478. The van der Waals surface area contributed by atoms with Crippen LogP contribution in [0.5, 0.6) is 0 Å². The molecular formula is C23H28O5S. The van der Waals surface area contributed by atoms with E-state index in [1.54, 1.807) is 11.3 Å². The van der Waals surface area contributed by atoms with Gasteiger partial charge in [-0.2, -0.15) is 0 Å². The summed E-state index contributed by atoms with van der Waals surface area (Å²) in [4.78, 5) is 23.8. The Kier molecular flexibility index (Phi) is 7.58. The van der Waals surface area contributed by atoms with Gasteiger partial charge in [-0.15, -0.1) is 11.3 Å². The molecule has 29 heavy (non-hydrogen) atoms. The molecule has 3 N–H and O–H groups in total. The zero-order valence-electron chi connectivity index (χ0n) is 16.4. The van der Waals surface area contributed by atoms with Crippen LogP contribution in [0.1, 0.15) is 55.9 Å². The summed E-state index contributed by atoms with van der Waals surface area (Å²) >= 11 is 1.58. The average Bonchev–Trinajstić information content (AvgIpc) is 3.23. The van der Waals surface area contributed by atoms with Gasteiger partial charge < -0.3 is 15.3 Å². The van der Waals surface area contributed by atoms with E-state index in [2.05, 4.69) is 0 Å². The quantitative estimate of drug-likeness (QED) is 0.392. The van der Waals surface area contributed by atoms with Crippen LogP contribution in [-0.4, -0.2) is 33.2 Å². The number of carboxylic acid groups (broad SMARTS) is 1. The van der Waals surface area contributed by atoms with E-state index in [0.29, 0.717) is 32.1 Å². The Bertz CT molecular complexity index is 838. The average molecular weight is 417 g/mol. The summed E-state index contributed by atoms with van der Waals surface area (Å²) in [5.41, 5.74) is 0. The molecule has 1 fully saturated rings. The molecule has 0 bridgehead atoms. The third-order valence-corrected chi connectivity index (χ3v) is 6.91. The van der Waals surface area contributed by atoms with Crippen LogP contribution in [0.4, 0.5) is 0 Å². The third kappa shape index (κ3) is 5.75. The van der Waals surface area contributed by atoms with Gasteiger partial charge in [0.1, 0.15) is 5.78 Å². The van der Waals surface area contributed by atoms with Crippen molar-refractivity contribution >= 4 is 33.2 Å². The molecule has 4 atom stereocenters. The van der Waals surface area contributed by atoms with Crippen molar-refractivity contribution < 1.29 is 24.9 Å². The fourth-order valence-corrected chi connectivity index (χ4v) is 5.19. The maximum absolute atomic E-state index is 12.4. The van der Waals surface area contributed by atoms with Crippen molar-refractivity contribution in [3.05, 3.63) is 47.4 Å². The number of ketones is 1. The van der Waals surface area contributed by atoms with Crippen molar-refractivity contribution in [2.45, 2.75) is 57.2 Å². The molecule has 0 radical (unpaired) electrons. The molecule has 1 aliphatic carbocycles. The van der Waals surface area contributed by atoms with Gasteiger partial charge in [0.25, 0.3) is 0 Å². The zero-order valence-corrected chi connectivity index (χ0v) is 17.2. The second-order valence-electron chi connectivity index (χ2n) is 7.78. The predicted molar refractivity (Wildman–Crippen MR) is 114 cm³/mol. The zero-order chi connectivity index (χ0) is 20.8. The molecule has 0 amide bonds. The lowest BCUT2D eigenvalue weighted by Crippen LogP contribution is -2.20. The first-order valence-corrected chi connectivity index (χ1v) is 11.0. The van der Waals surface area contributed by atoms with Crippen LogP contribution in [0.25, 0.3) is 10.1 Å². The number of unbranched alkanes of at least 4 members (excludes halogenated alkanes) is 1. The molecule has 6 heteroatoms. The SMILES string of the molecule is O=C(O)CCC/C=C\C[C@H]1[C@H](O)CC(=O)[C@@H]1CC[C@@H](O)c1cc2ccccc2s1. The number of carbonyl (C=O) groups is 2. The van der Waals surface area contributed by atoms with Gasteiger partial charge in [-0.25, -0.2) is 0 Å². The Hall–Kier alpha value is -2.02. The molecule has 1 aromatic heterocycles. The second kappa shape index (κ2) is 10.1. The summed E-state index contributed by atoms with van der Waals surface area (Å²) < 4.78 is 1.14. The first-order valence-electron chi connectivity index (χ1n) is 10.2. The monoisotopic (exact) mass is 416 g/mol. The van der Waals surface area contributed by atoms with Gasteiger partial charge in [-0.1, -0.05) is 30.4 Å². The molecular weight excluding hydrogens is 388 g/mol. The molecule has 0 unspecified atom stereocenters. The van der Waals surface area contributed by atoms with Crippen molar-refractivity contribution in [3.8, 4) is 0 Å². The Balaban J connectivity index is 1.53. The number of aliphatic carboxylic acids is 1. The van der Waals surface area contributed by atoms with Crippen LogP contribution >= 0.6 is 11.3 Å². The highest BCUT2D eigenvalue weighted by Gasteiger charge is 2.40. The number of benzene rings is 1. The minimum Gasteiger partial charge on any atom is -0.481 e. The van der Waals surface area contributed by atoms with E-state index >= 15 is 0 Å². The van der Waals surface area contributed by atoms with Gasteiger partial charge in [-0.3, -0.25) is 9.59 Å². The van der Waals surface area contributed by atoms with Crippen LogP contribution in [0, 0.1) is 11.8 Å². The summed E-state index contributed by atoms with van der Waals surface area (Å²) in [5, 5.41) is 30.7. The molecule has 1 aromatic carbocycles. The molecule has 0 saturated heterocycles. The third-order valence-electron chi connectivity index (χ3n) is 5.70. The maximum atomic E-state index is 12.4. The van der Waals surface area contributed by atoms with Crippen molar-refractivity contribution in [3.63, 3.8) is 0 Å². The van der Waals surface area contributed by atoms with Gasteiger partial charge in [0.2, 0.25) is 0 Å². The minimum absolute atomic E-state index is 0.0744. The number of hydrogen-bond donors (Lipinski definition) is 3. The lowest BCUT2D eigenvalue weighted by Gasteiger charge is -2.20. The van der Waals surface area contributed by atoms with Crippen molar-refractivity contribution in [1.82, 2.24) is 0 Å². The van der Waals surface area contributed by atoms with Gasteiger partial charge >= 0.3 is 5.97 Å². The summed E-state index contributed by atoms with van der Waals surface area (Å²) in [5.74, 6) is -1.09. The van der Waals surface area contributed by atoms with E-state index in [0.717, 1.165) is 15.0 Å². The van der Waals surface area contributed by atoms with Gasteiger partial charge in [0, 0.05) is 28.3 Å². The molecule has 1 heterocycles. The van der Waals surface area contributed by atoms with Gasteiger partial charge in [0.05, 0.1) is 12.2 Å². The van der Waals surface area contributed by atoms with Crippen molar-refractivity contribution in [2.75, 3.05) is 0 Å². The van der Waals surface area contributed by atoms with E-state index in [1.807, 2.05) is 42.5 Å². The first-order chi connectivity index (χ1) is 14.0. The molecule has 5 nitrogen and oxygen atoms in total. The molecule has 156 valence electrons. The number of hydrogen-bond acceptors (Lipinski definition) is 5. The van der Waals surface area contributed by atoms with Crippen LogP contribution < -0.4 is 0 Å². The summed E-state index contributed by atoms with van der Waals surface area (Å²) in [6, 6.07) is 10.0. The molecule has 1 aliphatic rings. The molecule has 1 saturated carbocycles. The highest BCUT2D eigenvalue weighted by molar-refractivity contribution is 7.19. The number of rotatable bonds is 10. The molecule has 0 spiro atoms. The number of carboxylic acids is 1. The minimum atomic E-state index is -0.799. The highest BCUT2D eigenvalue weighted by Crippen LogP contribution is 2.38. The smallest absolute Gasteiger partial charge is 0.303 e. The molecule has 3 rings (SSSR count). The number of aliphatic hydroxyl groups excluding tert-OH is 2. The number of fused-ring (bicyclic) bond motifs is 1. The second-order valence-corrected chi connectivity index (χ2v) is 8.90. The molecule has 2 aromatic rings. The number of allylic oxidation sites excluding steroid dienone is 2. The van der Waals surface area contributed by atoms with E-state index < -0.39 is 18.2 Å². The Labute approximate surface area is 174 Å². The normalized spacial score (nSPS) is 23.2. The summed E-state index contributed by atoms with van der Waals surface area (Å²) in [7, 11) is 0. The molecule has 0 aliphatic heterocycles. The van der Waals surface area contributed by atoms with Gasteiger partial charge in [-0.05, 0) is 55.5 Å². The van der Waals surface area contributed by atoms with Crippen molar-refractivity contribution in [1.29, 1.82) is 0 Å².